The number of nitrogens with one attached hydrogen (secondary N) is 1. The van der Waals surface area contributed by atoms with Gasteiger partial charge in [0.05, 0.1) is 23.1 Å². The van der Waals surface area contributed by atoms with Crippen molar-refractivity contribution in [1.82, 2.24) is 4.72 Å². The van der Waals surface area contributed by atoms with Gasteiger partial charge in [0, 0.05) is 36.7 Å². The smallest absolute Gasteiger partial charge is 0.264 e. The van der Waals surface area contributed by atoms with Crippen molar-refractivity contribution in [3.8, 4) is 5.75 Å². The lowest BCUT2D eigenvalue weighted by atomic mass is 9.63. The topological polar surface area (TPSA) is 84.9 Å². The first-order chi connectivity index (χ1) is 21.0. The zero-order chi connectivity index (χ0) is 31.6. The number of hydrogen-bond donors (Lipinski definition) is 1. The predicted octanol–water partition coefficient (Wildman–Crippen LogP) is 7.14. The molecular formula is C35H47ClN2O5S. The van der Waals surface area contributed by atoms with Gasteiger partial charge >= 0.3 is 0 Å². The molecule has 6 unspecified atom stereocenters. The van der Waals surface area contributed by atoms with Gasteiger partial charge in [-0.1, -0.05) is 57.0 Å². The number of methoxy groups -OCH3 is 1. The molecule has 240 valence electrons. The van der Waals surface area contributed by atoms with Crippen LogP contribution in [0.15, 0.2) is 48.6 Å². The summed E-state index contributed by atoms with van der Waals surface area (Å²) in [5.74, 6) is 0.680. The normalized spacial score (nSPS) is 31.1. The molecule has 2 aromatic rings. The molecule has 7 nitrogen and oxygen atoms in total. The third-order valence-corrected chi connectivity index (χ3v) is 12.5. The average Bonchev–Trinajstić information content (AvgIpc) is 3.16. The van der Waals surface area contributed by atoms with Crippen molar-refractivity contribution in [3.63, 3.8) is 0 Å². The molecule has 6 atom stereocenters. The van der Waals surface area contributed by atoms with Crippen LogP contribution in [0.4, 0.5) is 5.69 Å². The van der Waals surface area contributed by atoms with Crippen molar-refractivity contribution in [2.75, 3.05) is 31.7 Å². The Balaban J connectivity index is 1.59. The van der Waals surface area contributed by atoms with E-state index in [4.69, 9.17) is 21.1 Å². The largest absolute Gasteiger partial charge is 0.491 e. The Kier molecular flexibility index (Phi) is 10.0. The number of nitrogens with zero attached hydrogens (tertiary/aromatic N) is 1. The Hall–Kier alpha value is -2.55. The molecular weight excluding hydrogens is 596 g/mol. The number of allylic oxidation sites excluding steroid dienone is 1. The van der Waals surface area contributed by atoms with Gasteiger partial charge in [-0.15, -0.1) is 0 Å². The lowest BCUT2D eigenvalue weighted by Gasteiger charge is -2.49. The summed E-state index contributed by atoms with van der Waals surface area (Å²) in [6.45, 7) is 9.89. The zero-order valence-electron chi connectivity index (χ0n) is 26.6. The van der Waals surface area contributed by atoms with E-state index in [9.17, 15) is 13.2 Å². The molecule has 0 aromatic heterocycles. The molecule has 0 spiro atoms. The first kappa shape index (κ1) is 32.8. The van der Waals surface area contributed by atoms with Crippen LogP contribution in [-0.4, -0.2) is 52.0 Å². The monoisotopic (exact) mass is 642 g/mol. The number of carbonyl (C=O) groups excluding carboxylic acids is 1. The quantitative estimate of drug-likeness (QED) is 0.349. The molecule has 2 bridgehead atoms. The van der Waals surface area contributed by atoms with E-state index in [1.54, 1.807) is 26.2 Å². The first-order valence-corrected chi connectivity index (χ1v) is 18.0. The summed E-state index contributed by atoms with van der Waals surface area (Å²) in [5, 5.41) is -0.0210. The van der Waals surface area contributed by atoms with Gasteiger partial charge < -0.3 is 14.4 Å². The summed E-state index contributed by atoms with van der Waals surface area (Å²) in [5.41, 5.74) is 3.16. The summed E-state index contributed by atoms with van der Waals surface area (Å²) < 4.78 is 41.7. The highest BCUT2D eigenvalue weighted by molar-refractivity contribution is 7.90. The van der Waals surface area contributed by atoms with Crippen LogP contribution in [0.2, 0.25) is 5.02 Å². The number of ether oxygens (including phenoxy) is 2. The fourth-order valence-corrected chi connectivity index (χ4v) is 8.78. The summed E-state index contributed by atoms with van der Waals surface area (Å²) in [4.78, 5) is 15.7. The van der Waals surface area contributed by atoms with E-state index in [-0.39, 0.29) is 11.8 Å². The van der Waals surface area contributed by atoms with Gasteiger partial charge in [-0.2, -0.15) is 0 Å². The molecule has 2 heterocycles. The second-order valence-electron chi connectivity index (χ2n) is 12.9. The minimum Gasteiger partial charge on any atom is -0.491 e. The zero-order valence-corrected chi connectivity index (χ0v) is 28.2. The van der Waals surface area contributed by atoms with E-state index >= 15 is 0 Å². The summed E-state index contributed by atoms with van der Waals surface area (Å²) in [7, 11) is -2.11. The average molecular weight is 643 g/mol. The van der Waals surface area contributed by atoms with Gasteiger partial charge in [0.2, 0.25) is 10.0 Å². The standard InChI is InChI=1S/C35H47ClN2O5S/c1-6-9-25-18-29(36)13-14-30(25)28-21-38-20-27-11-15-31(27)35(7-2,42-5)17-8-10-23(3)24(4)44(40,41)37-34(39)26-12-16-33(43-22-28)32(38)19-26/h8,12-14,16-19,23-24,27-28,31H,6-7,9-11,15,20-22H2,1-5H3,(H,37,39)/b17-8+. The van der Waals surface area contributed by atoms with E-state index in [0.29, 0.717) is 42.7 Å². The van der Waals surface area contributed by atoms with Crippen molar-refractivity contribution in [2.45, 2.75) is 83.0 Å². The number of carbonyl (C=O) groups is 1. The van der Waals surface area contributed by atoms with Crippen LogP contribution in [0.25, 0.3) is 0 Å². The van der Waals surface area contributed by atoms with Crippen LogP contribution in [0, 0.1) is 17.8 Å². The van der Waals surface area contributed by atoms with E-state index in [0.717, 1.165) is 49.4 Å². The van der Waals surface area contributed by atoms with Crippen molar-refractivity contribution in [1.29, 1.82) is 0 Å². The Bertz CT molecular complexity index is 1490. The van der Waals surface area contributed by atoms with E-state index in [1.807, 2.05) is 19.1 Å². The number of sulfonamides is 1. The number of fused-ring (bicyclic) bond motifs is 2. The number of hydrogen-bond acceptors (Lipinski definition) is 6. The molecule has 1 N–H and O–H groups in total. The minimum atomic E-state index is -3.90. The Morgan fingerprint density at radius 1 is 1.11 bits per heavy atom. The molecule has 1 amide bonds. The van der Waals surface area contributed by atoms with Gasteiger partial charge in [0.15, 0.2) is 0 Å². The lowest BCUT2D eigenvalue weighted by Crippen LogP contribution is -2.51. The van der Waals surface area contributed by atoms with E-state index in [1.165, 1.54) is 11.1 Å². The maximum atomic E-state index is 13.4. The van der Waals surface area contributed by atoms with Gasteiger partial charge in [-0.3, -0.25) is 4.79 Å². The van der Waals surface area contributed by atoms with Crippen LogP contribution in [0.5, 0.6) is 5.75 Å². The molecule has 0 saturated heterocycles. The number of benzene rings is 2. The van der Waals surface area contributed by atoms with Crippen molar-refractivity contribution < 1.29 is 22.7 Å². The fourth-order valence-electron chi connectivity index (χ4n) is 7.30. The first-order valence-electron chi connectivity index (χ1n) is 16.1. The van der Waals surface area contributed by atoms with Crippen LogP contribution in [0.3, 0.4) is 0 Å². The Morgan fingerprint density at radius 3 is 2.59 bits per heavy atom. The van der Waals surface area contributed by atoms with Gasteiger partial charge in [-0.05, 0) is 98.2 Å². The SMILES string of the molecule is CCCc1cc(Cl)ccc1C1COc2ccc3cc2N(C1)CC1CCC1C(CC)(OC)/C=C/CC(C)C(C)S(=O)(=O)NC3=O. The van der Waals surface area contributed by atoms with Crippen LogP contribution in [-0.2, 0) is 21.2 Å². The highest BCUT2D eigenvalue weighted by atomic mass is 35.5. The summed E-state index contributed by atoms with van der Waals surface area (Å²) in [6.07, 6.45) is 9.76. The van der Waals surface area contributed by atoms with Crippen molar-refractivity contribution in [3.05, 3.63) is 70.3 Å². The predicted molar refractivity (Wildman–Crippen MR) is 177 cm³/mol. The minimum absolute atomic E-state index is 0.0867. The Morgan fingerprint density at radius 2 is 1.91 bits per heavy atom. The van der Waals surface area contributed by atoms with Gasteiger partial charge in [-0.25, -0.2) is 13.1 Å². The number of rotatable bonds is 5. The van der Waals surface area contributed by atoms with E-state index < -0.39 is 26.8 Å². The second-order valence-corrected chi connectivity index (χ2v) is 15.4. The molecule has 1 aliphatic carbocycles. The molecule has 5 rings (SSSR count). The van der Waals surface area contributed by atoms with Crippen molar-refractivity contribution in [2.24, 2.45) is 17.8 Å². The molecule has 9 heteroatoms. The van der Waals surface area contributed by atoms with Gasteiger partial charge in [0.25, 0.3) is 5.91 Å². The molecule has 2 aliphatic heterocycles. The molecule has 2 aromatic carbocycles. The van der Waals surface area contributed by atoms with E-state index in [2.05, 4.69) is 47.8 Å². The summed E-state index contributed by atoms with van der Waals surface area (Å²) >= 11 is 6.42. The number of anilines is 1. The van der Waals surface area contributed by atoms with Crippen molar-refractivity contribution >= 4 is 33.2 Å². The third kappa shape index (κ3) is 6.54. The maximum Gasteiger partial charge on any atom is 0.264 e. The Labute approximate surface area is 268 Å². The summed E-state index contributed by atoms with van der Waals surface area (Å²) in [6, 6.07) is 11.4. The lowest BCUT2D eigenvalue weighted by molar-refractivity contribution is -0.0770. The van der Waals surface area contributed by atoms with Crippen LogP contribution in [0.1, 0.15) is 87.2 Å². The fraction of sp³-hybridized carbons (Fsp3) is 0.571. The molecule has 0 radical (unpaired) electrons. The maximum absolute atomic E-state index is 13.4. The molecule has 3 aliphatic rings. The number of aryl methyl sites for hydroxylation is 1. The van der Waals surface area contributed by atoms with Crippen LogP contribution >= 0.6 is 11.6 Å². The molecule has 1 fully saturated rings. The number of halogens is 1. The highest BCUT2D eigenvalue weighted by Gasteiger charge is 2.46. The molecule has 44 heavy (non-hydrogen) atoms. The second kappa shape index (κ2) is 13.4. The highest BCUT2D eigenvalue weighted by Crippen LogP contribution is 2.48. The van der Waals surface area contributed by atoms with Gasteiger partial charge in [0.1, 0.15) is 5.75 Å². The molecule has 1 saturated carbocycles. The third-order valence-electron chi connectivity index (χ3n) is 10.4. The van der Waals surface area contributed by atoms with Crippen LogP contribution < -0.4 is 14.4 Å². The number of amides is 1.